The summed E-state index contributed by atoms with van der Waals surface area (Å²) in [4.78, 5) is 23.6. The molecule has 0 spiro atoms. The Labute approximate surface area is 143 Å². The predicted molar refractivity (Wildman–Crippen MR) is 91.5 cm³/mol. The van der Waals surface area contributed by atoms with Gasteiger partial charge in [-0.3, -0.25) is 9.59 Å². The molecule has 1 heterocycles. The normalized spacial score (nSPS) is 12.0. The van der Waals surface area contributed by atoms with E-state index >= 15 is 0 Å². The molecule has 23 heavy (non-hydrogen) atoms. The summed E-state index contributed by atoms with van der Waals surface area (Å²) in [5, 5.41) is 12.1. The summed E-state index contributed by atoms with van der Waals surface area (Å²) in [7, 11) is 1.76. The highest BCUT2D eigenvalue weighted by atomic mass is 79.9. The van der Waals surface area contributed by atoms with Gasteiger partial charge in [0.05, 0.1) is 5.92 Å². The fraction of sp³-hybridized carbons (Fsp3) is 0.294. The molecule has 0 saturated heterocycles. The van der Waals surface area contributed by atoms with Crippen molar-refractivity contribution in [1.29, 1.82) is 0 Å². The smallest absolute Gasteiger partial charge is 0.308 e. The molecule has 2 N–H and O–H groups in total. The molecule has 0 aliphatic carbocycles. The lowest BCUT2D eigenvalue weighted by atomic mass is 9.98. The first kappa shape index (κ1) is 17.3. The fourth-order valence-electron chi connectivity index (χ4n) is 2.43. The zero-order valence-electron chi connectivity index (χ0n) is 13.0. The molecule has 0 fully saturated rings. The van der Waals surface area contributed by atoms with Crippen LogP contribution in [0.2, 0.25) is 0 Å². The molecule has 1 atom stereocenters. The maximum atomic E-state index is 12.2. The van der Waals surface area contributed by atoms with Crippen LogP contribution in [0.15, 0.2) is 41.0 Å². The topological polar surface area (TPSA) is 71.3 Å². The van der Waals surface area contributed by atoms with Crippen LogP contribution in [0, 0.1) is 12.8 Å². The standard InChI is InChI=1S/C17H19BrN2O3/c1-11-4-3-5-12(6-11)7-13(17(22)23)9-19-16(21)15-8-14(18)10-20(15)2/h3-6,8,10,13H,7,9H2,1-2H3,(H,19,21)(H,22,23). The van der Waals surface area contributed by atoms with Gasteiger partial charge in [-0.1, -0.05) is 29.8 Å². The first-order valence-corrected chi connectivity index (χ1v) is 8.04. The number of nitrogens with one attached hydrogen (secondary N) is 1. The summed E-state index contributed by atoms with van der Waals surface area (Å²) in [5.41, 5.74) is 2.52. The average Bonchev–Trinajstić information content (AvgIpc) is 2.81. The van der Waals surface area contributed by atoms with E-state index in [4.69, 9.17) is 0 Å². The van der Waals surface area contributed by atoms with E-state index in [0.29, 0.717) is 12.1 Å². The van der Waals surface area contributed by atoms with Gasteiger partial charge in [0.2, 0.25) is 0 Å². The van der Waals surface area contributed by atoms with Gasteiger partial charge in [-0.2, -0.15) is 0 Å². The van der Waals surface area contributed by atoms with Crippen molar-refractivity contribution in [1.82, 2.24) is 9.88 Å². The number of carbonyl (C=O) groups is 2. The lowest BCUT2D eigenvalue weighted by molar-refractivity contribution is -0.141. The molecular formula is C17H19BrN2O3. The zero-order valence-corrected chi connectivity index (χ0v) is 14.6. The second kappa shape index (κ2) is 7.46. The van der Waals surface area contributed by atoms with Crippen molar-refractivity contribution in [2.24, 2.45) is 13.0 Å². The molecule has 5 nitrogen and oxygen atoms in total. The van der Waals surface area contributed by atoms with Crippen LogP contribution in [0.25, 0.3) is 0 Å². The molecule has 1 unspecified atom stereocenters. The van der Waals surface area contributed by atoms with E-state index in [0.717, 1.165) is 15.6 Å². The Kier molecular flexibility index (Phi) is 5.60. The van der Waals surface area contributed by atoms with Gasteiger partial charge in [0, 0.05) is 24.3 Å². The molecule has 0 aliphatic heterocycles. The molecule has 6 heteroatoms. The quantitative estimate of drug-likeness (QED) is 0.811. The predicted octanol–water partition coefficient (Wildman–Crippen LogP) is 2.77. The van der Waals surface area contributed by atoms with Gasteiger partial charge >= 0.3 is 5.97 Å². The van der Waals surface area contributed by atoms with Crippen molar-refractivity contribution in [3.8, 4) is 0 Å². The molecule has 0 aliphatic rings. The molecular weight excluding hydrogens is 360 g/mol. The lowest BCUT2D eigenvalue weighted by Gasteiger charge is -2.14. The van der Waals surface area contributed by atoms with Crippen molar-refractivity contribution in [3.05, 3.63) is 57.8 Å². The highest BCUT2D eigenvalue weighted by Crippen LogP contribution is 2.14. The summed E-state index contributed by atoms with van der Waals surface area (Å²) in [5.74, 6) is -1.86. The van der Waals surface area contributed by atoms with Crippen molar-refractivity contribution in [3.63, 3.8) is 0 Å². The number of aromatic nitrogens is 1. The summed E-state index contributed by atoms with van der Waals surface area (Å²) >= 11 is 3.31. The first-order chi connectivity index (χ1) is 10.9. The number of halogens is 1. The first-order valence-electron chi connectivity index (χ1n) is 7.25. The number of carboxylic acids is 1. The van der Waals surface area contributed by atoms with Gasteiger partial charge < -0.3 is 15.0 Å². The van der Waals surface area contributed by atoms with E-state index in [1.54, 1.807) is 23.9 Å². The Bertz CT molecular complexity index is 724. The van der Waals surface area contributed by atoms with Crippen LogP contribution >= 0.6 is 15.9 Å². The van der Waals surface area contributed by atoms with Crippen LogP contribution in [-0.2, 0) is 18.3 Å². The van der Waals surface area contributed by atoms with E-state index in [1.807, 2.05) is 31.2 Å². The number of rotatable bonds is 6. The summed E-state index contributed by atoms with van der Waals surface area (Å²) in [6, 6.07) is 9.44. The van der Waals surface area contributed by atoms with E-state index in [-0.39, 0.29) is 12.5 Å². The average molecular weight is 379 g/mol. The molecule has 0 saturated carbocycles. The molecule has 2 rings (SSSR count). The molecule has 1 aromatic heterocycles. The highest BCUT2D eigenvalue weighted by Gasteiger charge is 2.20. The number of nitrogens with zero attached hydrogens (tertiary/aromatic N) is 1. The summed E-state index contributed by atoms with van der Waals surface area (Å²) in [6.07, 6.45) is 2.16. The number of hydrogen-bond acceptors (Lipinski definition) is 2. The third kappa shape index (κ3) is 4.69. The molecule has 1 amide bonds. The number of carbonyl (C=O) groups excluding carboxylic acids is 1. The highest BCUT2D eigenvalue weighted by molar-refractivity contribution is 9.10. The van der Waals surface area contributed by atoms with Gasteiger partial charge in [0.15, 0.2) is 0 Å². The van der Waals surface area contributed by atoms with Crippen molar-refractivity contribution >= 4 is 27.8 Å². The fourth-order valence-corrected chi connectivity index (χ4v) is 2.95. The van der Waals surface area contributed by atoms with Crippen LogP contribution in [0.3, 0.4) is 0 Å². The Balaban J connectivity index is 2.01. The number of hydrogen-bond donors (Lipinski definition) is 2. The van der Waals surface area contributed by atoms with E-state index < -0.39 is 11.9 Å². The van der Waals surface area contributed by atoms with E-state index in [9.17, 15) is 14.7 Å². The van der Waals surface area contributed by atoms with Gasteiger partial charge in [-0.05, 0) is 40.9 Å². The minimum atomic E-state index is -0.917. The van der Waals surface area contributed by atoms with Crippen LogP contribution < -0.4 is 5.32 Å². The molecule has 122 valence electrons. The van der Waals surface area contributed by atoms with Crippen LogP contribution in [0.4, 0.5) is 0 Å². The maximum Gasteiger partial charge on any atom is 0.308 e. The van der Waals surface area contributed by atoms with Crippen LogP contribution in [0.5, 0.6) is 0 Å². The molecule has 2 aromatic rings. The number of benzene rings is 1. The molecule has 1 aromatic carbocycles. The largest absolute Gasteiger partial charge is 0.481 e. The van der Waals surface area contributed by atoms with Gasteiger partial charge in [-0.15, -0.1) is 0 Å². The SMILES string of the molecule is Cc1cccc(CC(CNC(=O)c2cc(Br)cn2C)C(=O)O)c1. The third-order valence-electron chi connectivity index (χ3n) is 3.63. The minimum absolute atomic E-state index is 0.0882. The number of amides is 1. The van der Waals surface area contributed by atoms with Gasteiger partial charge in [0.1, 0.15) is 5.69 Å². The Morgan fingerprint density at radius 2 is 2.09 bits per heavy atom. The second-order valence-electron chi connectivity index (χ2n) is 5.59. The minimum Gasteiger partial charge on any atom is -0.481 e. The number of aryl methyl sites for hydroxylation is 2. The Morgan fingerprint density at radius 1 is 1.35 bits per heavy atom. The van der Waals surface area contributed by atoms with Crippen molar-refractivity contribution < 1.29 is 14.7 Å². The van der Waals surface area contributed by atoms with Crippen molar-refractivity contribution in [2.45, 2.75) is 13.3 Å². The third-order valence-corrected chi connectivity index (χ3v) is 4.06. The van der Waals surface area contributed by atoms with Crippen molar-refractivity contribution in [2.75, 3.05) is 6.54 Å². The molecule has 0 radical (unpaired) electrons. The maximum absolute atomic E-state index is 12.2. The summed E-state index contributed by atoms with van der Waals surface area (Å²) < 4.78 is 2.50. The molecule has 0 bridgehead atoms. The van der Waals surface area contributed by atoms with Gasteiger partial charge in [0.25, 0.3) is 5.91 Å². The van der Waals surface area contributed by atoms with Crippen LogP contribution in [0.1, 0.15) is 21.6 Å². The number of carboxylic acid groups (broad SMARTS) is 1. The second-order valence-corrected chi connectivity index (χ2v) is 6.51. The Hall–Kier alpha value is -2.08. The lowest BCUT2D eigenvalue weighted by Crippen LogP contribution is -2.34. The van der Waals surface area contributed by atoms with Crippen LogP contribution in [-0.4, -0.2) is 28.1 Å². The summed E-state index contributed by atoms with van der Waals surface area (Å²) in [6.45, 7) is 2.05. The van der Waals surface area contributed by atoms with Gasteiger partial charge in [-0.25, -0.2) is 0 Å². The Morgan fingerprint density at radius 3 is 2.65 bits per heavy atom. The number of aliphatic carboxylic acids is 1. The van der Waals surface area contributed by atoms with E-state index in [2.05, 4.69) is 21.2 Å². The monoisotopic (exact) mass is 378 g/mol. The zero-order chi connectivity index (χ0) is 17.0. The van der Waals surface area contributed by atoms with E-state index in [1.165, 1.54) is 0 Å².